The van der Waals surface area contributed by atoms with Crippen LogP contribution in [0.25, 0.3) is 10.8 Å². The SMILES string of the molecule is CCCNCc1c(C)ccc2ccccc12. The van der Waals surface area contributed by atoms with E-state index in [1.807, 2.05) is 0 Å². The molecule has 0 fully saturated rings. The van der Waals surface area contributed by atoms with Crippen molar-refractivity contribution in [2.45, 2.75) is 26.8 Å². The van der Waals surface area contributed by atoms with Gasteiger partial charge in [-0.1, -0.05) is 43.3 Å². The van der Waals surface area contributed by atoms with Gasteiger partial charge >= 0.3 is 0 Å². The first-order chi connectivity index (χ1) is 7.83. The highest BCUT2D eigenvalue weighted by molar-refractivity contribution is 5.86. The molecule has 0 aliphatic carbocycles. The van der Waals surface area contributed by atoms with Gasteiger partial charge in [0.15, 0.2) is 0 Å². The van der Waals surface area contributed by atoms with Crippen molar-refractivity contribution in [1.29, 1.82) is 0 Å². The number of hydrogen-bond donors (Lipinski definition) is 1. The van der Waals surface area contributed by atoms with Crippen LogP contribution in [0.2, 0.25) is 0 Å². The monoisotopic (exact) mass is 213 g/mol. The van der Waals surface area contributed by atoms with Crippen molar-refractivity contribution in [1.82, 2.24) is 5.32 Å². The van der Waals surface area contributed by atoms with E-state index in [1.54, 1.807) is 0 Å². The molecule has 0 saturated heterocycles. The van der Waals surface area contributed by atoms with E-state index in [0.717, 1.165) is 13.1 Å². The van der Waals surface area contributed by atoms with E-state index in [9.17, 15) is 0 Å². The minimum absolute atomic E-state index is 0.973. The second-order valence-corrected chi connectivity index (χ2v) is 4.26. The van der Waals surface area contributed by atoms with Gasteiger partial charge in [0.25, 0.3) is 0 Å². The summed E-state index contributed by atoms with van der Waals surface area (Å²) in [5.41, 5.74) is 2.81. The van der Waals surface area contributed by atoms with Gasteiger partial charge in [-0.3, -0.25) is 0 Å². The Bertz CT molecular complexity index is 474. The van der Waals surface area contributed by atoms with Crippen LogP contribution in [-0.4, -0.2) is 6.54 Å². The van der Waals surface area contributed by atoms with Crippen LogP contribution in [0.3, 0.4) is 0 Å². The Kier molecular flexibility index (Phi) is 3.58. The zero-order chi connectivity index (χ0) is 11.4. The molecular formula is C15H19N. The van der Waals surface area contributed by atoms with Gasteiger partial charge in [-0.2, -0.15) is 0 Å². The topological polar surface area (TPSA) is 12.0 Å². The van der Waals surface area contributed by atoms with Crippen LogP contribution in [-0.2, 0) is 6.54 Å². The molecule has 0 bridgehead atoms. The van der Waals surface area contributed by atoms with Crippen molar-refractivity contribution in [3.05, 3.63) is 47.5 Å². The second-order valence-electron chi connectivity index (χ2n) is 4.26. The quantitative estimate of drug-likeness (QED) is 0.764. The Labute approximate surface area is 97.5 Å². The molecule has 1 nitrogen and oxygen atoms in total. The Morgan fingerprint density at radius 2 is 1.88 bits per heavy atom. The lowest BCUT2D eigenvalue weighted by Crippen LogP contribution is -2.14. The van der Waals surface area contributed by atoms with Crippen molar-refractivity contribution in [2.24, 2.45) is 0 Å². The summed E-state index contributed by atoms with van der Waals surface area (Å²) in [6, 6.07) is 13.0. The molecule has 1 heteroatoms. The molecule has 0 unspecified atom stereocenters. The highest BCUT2D eigenvalue weighted by Crippen LogP contribution is 2.21. The van der Waals surface area contributed by atoms with Crippen molar-refractivity contribution >= 4 is 10.8 Å². The standard InChI is InChI=1S/C15H19N/c1-3-10-16-11-15-12(2)8-9-13-6-4-5-7-14(13)15/h4-9,16H,3,10-11H2,1-2H3. The Morgan fingerprint density at radius 1 is 1.06 bits per heavy atom. The molecule has 84 valence electrons. The molecule has 1 N–H and O–H groups in total. The molecule has 0 aromatic heterocycles. The molecule has 0 spiro atoms. The van der Waals surface area contributed by atoms with Crippen LogP contribution < -0.4 is 5.32 Å². The summed E-state index contributed by atoms with van der Waals surface area (Å²) in [6.07, 6.45) is 1.18. The third-order valence-electron chi connectivity index (χ3n) is 3.00. The largest absolute Gasteiger partial charge is 0.313 e. The number of benzene rings is 2. The molecule has 0 atom stereocenters. The maximum Gasteiger partial charge on any atom is 0.0214 e. The summed E-state index contributed by atoms with van der Waals surface area (Å²) in [5, 5.41) is 6.20. The third kappa shape index (κ3) is 2.25. The summed E-state index contributed by atoms with van der Waals surface area (Å²) >= 11 is 0. The van der Waals surface area contributed by atoms with Gasteiger partial charge in [0.2, 0.25) is 0 Å². The van der Waals surface area contributed by atoms with E-state index in [1.165, 1.54) is 28.3 Å². The number of hydrogen-bond acceptors (Lipinski definition) is 1. The summed E-state index contributed by atoms with van der Waals surface area (Å²) in [4.78, 5) is 0. The van der Waals surface area contributed by atoms with Gasteiger partial charge in [-0.15, -0.1) is 0 Å². The van der Waals surface area contributed by atoms with Crippen LogP contribution in [0.5, 0.6) is 0 Å². The highest BCUT2D eigenvalue weighted by Gasteiger charge is 2.03. The first kappa shape index (κ1) is 11.2. The molecule has 0 amide bonds. The number of aryl methyl sites for hydroxylation is 1. The van der Waals surface area contributed by atoms with Gasteiger partial charge in [0.1, 0.15) is 0 Å². The maximum absolute atomic E-state index is 3.48. The normalized spacial score (nSPS) is 10.9. The third-order valence-corrected chi connectivity index (χ3v) is 3.00. The predicted octanol–water partition coefficient (Wildman–Crippen LogP) is 3.65. The molecule has 16 heavy (non-hydrogen) atoms. The fourth-order valence-corrected chi connectivity index (χ4v) is 2.07. The van der Waals surface area contributed by atoms with Gasteiger partial charge in [0.05, 0.1) is 0 Å². The smallest absolute Gasteiger partial charge is 0.0214 e. The maximum atomic E-state index is 3.48. The van der Waals surface area contributed by atoms with E-state index in [2.05, 4.69) is 55.6 Å². The summed E-state index contributed by atoms with van der Waals surface area (Å²) in [7, 11) is 0. The fraction of sp³-hybridized carbons (Fsp3) is 0.333. The molecule has 2 aromatic carbocycles. The zero-order valence-corrected chi connectivity index (χ0v) is 10.1. The van der Waals surface area contributed by atoms with E-state index in [0.29, 0.717) is 0 Å². The van der Waals surface area contributed by atoms with Gasteiger partial charge in [-0.25, -0.2) is 0 Å². The summed E-state index contributed by atoms with van der Waals surface area (Å²) < 4.78 is 0. The van der Waals surface area contributed by atoms with E-state index >= 15 is 0 Å². The lowest BCUT2D eigenvalue weighted by molar-refractivity contribution is 0.676. The molecular weight excluding hydrogens is 194 g/mol. The number of rotatable bonds is 4. The van der Waals surface area contributed by atoms with Crippen molar-refractivity contribution in [3.63, 3.8) is 0 Å². The van der Waals surface area contributed by atoms with E-state index in [-0.39, 0.29) is 0 Å². The van der Waals surface area contributed by atoms with Crippen molar-refractivity contribution < 1.29 is 0 Å². The average molecular weight is 213 g/mol. The van der Waals surface area contributed by atoms with Gasteiger partial charge in [-0.05, 0) is 41.8 Å². The lowest BCUT2D eigenvalue weighted by Gasteiger charge is -2.11. The lowest BCUT2D eigenvalue weighted by atomic mass is 10.00. The van der Waals surface area contributed by atoms with Crippen LogP contribution in [0.1, 0.15) is 24.5 Å². The second kappa shape index (κ2) is 5.13. The van der Waals surface area contributed by atoms with E-state index in [4.69, 9.17) is 0 Å². The summed E-state index contributed by atoms with van der Waals surface area (Å²) in [6.45, 7) is 6.45. The number of fused-ring (bicyclic) bond motifs is 1. The summed E-state index contributed by atoms with van der Waals surface area (Å²) in [5.74, 6) is 0. The molecule has 0 heterocycles. The van der Waals surface area contributed by atoms with Crippen LogP contribution >= 0.6 is 0 Å². The first-order valence-electron chi connectivity index (χ1n) is 6.01. The molecule has 0 aliphatic rings. The molecule has 0 aliphatic heterocycles. The molecule has 0 radical (unpaired) electrons. The Balaban J connectivity index is 2.37. The van der Waals surface area contributed by atoms with Gasteiger partial charge < -0.3 is 5.32 Å². The van der Waals surface area contributed by atoms with Crippen LogP contribution in [0.4, 0.5) is 0 Å². The Morgan fingerprint density at radius 3 is 2.69 bits per heavy atom. The fourth-order valence-electron chi connectivity index (χ4n) is 2.07. The van der Waals surface area contributed by atoms with Crippen molar-refractivity contribution in [3.8, 4) is 0 Å². The van der Waals surface area contributed by atoms with Crippen molar-refractivity contribution in [2.75, 3.05) is 6.54 Å². The minimum Gasteiger partial charge on any atom is -0.313 e. The van der Waals surface area contributed by atoms with E-state index < -0.39 is 0 Å². The van der Waals surface area contributed by atoms with Crippen LogP contribution in [0, 0.1) is 6.92 Å². The number of nitrogens with one attached hydrogen (secondary N) is 1. The highest BCUT2D eigenvalue weighted by atomic mass is 14.8. The molecule has 2 rings (SSSR count). The minimum atomic E-state index is 0.973. The first-order valence-corrected chi connectivity index (χ1v) is 6.01. The van der Waals surface area contributed by atoms with Crippen LogP contribution in [0.15, 0.2) is 36.4 Å². The Hall–Kier alpha value is -1.34. The molecule has 2 aromatic rings. The van der Waals surface area contributed by atoms with Gasteiger partial charge in [0, 0.05) is 6.54 Å². The zero-order valence-electron chi connectivity index (χ0n) is 10.1. The predicted molar refractivity (Wildman–Crippen MR) is 70.7 cm³/mol. The molecule has 0 saturated carbocycles. The average Bonchev–Trinajstić information content (AvgIpc) is 2.32.